The van der Waals surface area contributed by atoms with Crippen LogP contribution in [0.3, 0.4) is 0 Å². The third-order valence-corrected chi connectivity index (χ3v) is 5.20. The van der Waals surface area contributed by atoms with Gasteiger partial charge in [-0.15, -0.1) is 10.2 Å². The lowest BCUT2D eigenvalue weighted by Gasteiger charge is -2.09. The van der Waals surface area contributed by atoms with Crippen molar-refractivity contribution in [3.63, 3.8) is 0 Å². The van der Waals surface area contributed by atoms with Crippen molar-refractivity contribution in [3.8, 4) is 5.75 Å². The van der Waals surface area contributed by atoms with Gasteiger partial charge in [0, 0.05) is 17.4 Å². The number of hydrogen-bond acceptors (Lipinski definition) is 5. The van der Waals surface area contributed by atoms with Gasteiger partial charge in [-0.1, -0.05) is 36.8 Å². The summed E-state index contributed by atoms with van der Waals surface area (Å²) in [5.74, 6) is 1.14. The van der Waals surface area contributed by atoms with Crippen molar-refractivity contribution in [1.29, 1.82) is 0 Å². The number of nitrogens with zero attached hydrogens (tertiary/aromatic N) is 2. The summed E-state index contributed by atoms with van der Waals surface area (Å²) >= 11 is 7.38. The molecule has 7 heteroatoms. The Morgan fingerprint density at radius 2 is 2.08 bits per heavy atom. The van der Waals surface area contributed by atoms with E-state index in [0.717, 1.165) is 29.2 Å². The fourth-order valence-electron chi connectivity index (χ4n) is 2.46. The van der Waals surface area contributed by atoms with E-state index in [9.17, 15) is 4.79 Å². The van der Waals surface area contributed by atoms with Crippen molar-refractivity contribution in [3.05, 3.63) is 33.8 Å². The van der Waals surface area contributed by atoms with Crippen LogP contribution in [0, 0.1) is 6.92 Å². The lowest BCUT2D eigenvalue weighted by Crippen LogP contribution is -2.12. The quantitative estimate of drug-likeness (QED) is 0.606. The molecular weight excluding hydrogens is 358 g/mol. The molecule has 136 valence electrons. The van der Waals surface area contributed by atoms with Crippen LogP contribution in [0.15, 0.2) is 18.2 Å². The van der Waals surface area contributed by atoms with Crippen LogP contribution >= 0.6 is 22.9 Å². The molecular formula is C18H24ClN3O2S. The van der Waals surface area contributed by atoms with E-state index in [1.165, 1.54) is 11.3 Å². The first-order valence-corrected chi connectivity index (χ1v) is 9.75. The highest BCUT2D eigenvalue weighted by molar-refractivity contribution is 7.15. The Bertz CT molecular complexity index is 701. The van der Waals surface area contributed by atoms with Crippen LogP contribution in [0.1, 0.15) is 56.0 Å². The van der Waals surface area contributed by atoms with E-state index in [-0.39, 0.29) is 5.91 Å². The second kappa shape index (κ2) is 9.73. The zero-order valence-electron chi connectivity index (χ0n) is 14.8. The maximum absolute atomic E-state index is 12.0. The number of amides is 1. The number of aromatic nitrogens is 2. The molecule has 1 aromatic heterocycles. The number of nitrogens with one attached hydrogen (secondary N) is 1. The molecule has 1 amide bonds. The Morgan fingerprint density at radius 3 is 2.76 bits per heavy atom. The van der Waals surface area contributed by atoms with Gasteiger partial charge in [-0.3, -0.25) is 4.79 Å². The van der Waals surface area contributed by atoms with E-state index < -0.39 is 0 Å². The summed E-state index contributed by atoms with van der Waals surface area (Å²) in [7, 11) is 0. The SMILES string of the molecule is CCC(CC)c1nnc(NC(=O)CCCOc2ccc(Cl)cc2C)s1. The number of carbonyl (C=O) groups is 1. The molecule has 1 aromatic carbocycles. The van der Waals surface area contributed by atoms with E-state index in [1.807, 2.05) is 19.1 Å². The van der Waals surface area contributed by atoms with Crippen LogP contribution in [0.5, 0.6) is 5.75 Å². The summed E-state index contributed by atoms with van der Waals surface area (Å²) in [6.45, 7) is 6.69. The number of carbonyl (C=O) groups excluding carboxylic acids is 1. The van der Waals surface area contributed by atoms with Crippen LogP contribution in [0.2, 0.25) is 5.02 Å². The van der Waals surface area contributed by atoms with Crippen molar-refractivity contribution in [2.24, 2.45) is 0 Å². The molecule has 0 atom stereocenters. The first-order chi connectivity index (χ1) is 12.0. The van der Waals surface area contributed by atoms with Gasteiger partial charge in [0.25, 0.3) is 0 Å². The van der Waals surface area contributed by atoms with E-state index in [1.54, 1.807) is 6.07 Å². The molecule has 25 heavy (non-hydrogen) atoms. The molecule has 0 aliphatic heterocycles. The third kappa shape index (κ3) is 5.97. The maximum atomic E-state index is 12.0. The van der Waals surface area contributed by atoms with E-state index in [4.69, 9.17) is 16.3 Å². The van der Waals surface area contributed by atoms with Gasteiger partial charge >= 0.3 is 0 Å². The number of ether oxygens (including phenoxy) is 1. The van der Waals surface area contributed by atoms with Crippen molar-refractivity contribution in [2.75, 3.05) is 11.9 Å². The van der Waals surface area contributed by atoms with Gasteiger partial charge in [-0.05, 0) is 49.9 Å². The van der Waals surface area contributed by atoms with Crippen LogP contribution in [-0.4, -0.2) is 22.7 Å². The van der Waals surface area contributed by atoms with E-state index in [0.29, 0.717) is 35.5 Å². The molecule has 0 unspecified atom stereocenters. The van der Waals surface area contributed by atoms with Crippen molar-refractivity contribution < 1.29 is 9.53 Å². The Labute approximate surface area is 157 Å². The Hall–Kier alpha value is -1.66. The topological polar surface area (TPSA) is 64.1 Å². The predicted octanol–water partition coefficient (Wildman–Crippen LogP) is 5.20. The van der Waals surface area contributed by atoms with Gasteiger partial charge in [0.1, 0.15) is 10.8 Å². The molecule has 0 bridgehead atoms. The van der Waals surface area contributed by atoms with Gasteiger partial charge in [0.15, 0.2) is 0 Å². The molecule has 0 spiro atoms. The summed E-state index contributed by atoms with van der Waals surface area (Å²) in [5.41, 5.74) is 0.986. The van der Waals surface area contributed by atoms with Gasteiger partial charge in [0.05, 0.1) is 6.61 Å². The highest BCUT2D eigenvalue weighted by atomic mass is 35.5. The molecule has 0 aliphatic carbocycles. The zero-order chi connectivity index (χ0) is 18.2. The zero-order valence-corrected chi connectivity index (χ0v) is 16.4. The van der Waals surface area contributed by atoms with Crippen molar-refractivity contribution in [1.82, 2.24) is 10.2 Å². The second-order valence-electron chi connectivity index (χ2n) is 5.87. The fourth-order valence-corrected chi connectivity index (χ4v) is 3.71. The Morgan fingerprint density at radius 1 is 1.32 bits per heavy atom. The van der Waals surface area contributed by atoms with Gasteiger partial charge in [0.2, 0.25) is 11.0 Å². The number of anilines is 1. The van der Waals surface area contributed by atoms with Gasteiger partial charge < -0.3 is 10.1 Å². The van der Waals surface area contributed by atoms with Crippen LogP contribution < -0.4 is 10.1 Å². The fraction of sp³-hybridized carbons (Fsp3) is 0.500. The summed E-state index contributed by atoms with van der Waals surface area (Å²) in [5, 5.41) is 13.3. The van der Waals surface area contributed by atoms with Crippen LogP contribution in [0.25, 0.3) is 0 Å². The highest BCUT2D eigenvalue weighted by Crippen LogP contribution is 2.28. The highest BCUT2D eigenvalue weighted by Gasteiger charge is 2.14. The molecule has 2 rings (SSSR count). The van der Waals surface area contributed by atoms with Crippen molar-refractivity contribution in [2.45, 2.75) is 52.4 Å². The molecule has 5 nitrogen and oxygen atoms in total. The minimum atomic E-state index is -0.0660. The number of aryl methyl sites for hydroxylation is 1. The monoisotopic (exact) mass is 381 g/mol. The third-order valence-electron chi connectivity index (χ3n) is 3.96. The lowest BCUT2D eigenvalue weighted by molar-refractivity contribution is -0.116. The normalized spacial score (nSPS) is 10.9. The second-order valence-corrected chi connectivity index (χ2v) is 7.31. The summed E-state index contributed by atoms with van der Waals surface area (Å²) < 4.78 is 5.69. The largest absolute Gasteiger partial charge is 0.493 e. The molecule has 0 fully saturated rings. The maximum Gasteiger partial charge on any atom is 0.226 e. The summed E-state index contributed by atoms with van der Waals surface area (Å²) in [4.78, 5) is 12.0. The minimum absolute atomic E-state index is 0.0660. The molecule has 0 aliphatic rings. The Kier molecular flexibility index (Phi) is 7.65. The molecule has 0 radical (unpaired) electrons. The summed E-state index contributed by atoms with van der Waals surface area (Å²) in [6.07, 6.45) is 3.07. The van der Waals surface area contributed by atoms with Crippen LogP contribution in [-0.2, 0) is 4.79 Å². The Balaban J connectivity index is 1.74. The predicted molar refractivity (Wildman–Crippen MR) is 103 cm³/mol. The minimum Gasteiger partial charge on any atom is -0.493 e. The summed E-state index contributed by atoms with van der Waals surface area (Å²) in [6, 6.07) is 5.50. The molecule has 2 aromatic rings. The number of halogens is 1. The standard InChI is InChI=1S/C18H24ClN3O2S/c1-4-13(5-2)17-21-22-18(25-17)20-16(23)7-6-10-24-15-9-8-14(19)11-12(15)3/h8-9,11,13H,4-7,10H2,1-3H3,(H,20,22,23). The van der Waals surface area contributed by atoms with Gasteiger partial charge in [-0.25, -0.2) is 0 Å². The van der Waals surface area contributed by atoms with Gasteiger partial charge in [-0.2, -0.15) is 0 Å². The number of hydrogen-bond donors (Lipinski definition) is 1. The molecule has 1 heterocycles. The van der Waals surface area contributed by atoms with E-state index in [2.05, 4.69) is 29.4 Å². The number of rotatable bonds is 9. The molecule has 1 N–H and O–H groups in total. The first-order valence-electron chi connectivity index (χ1n) is 8.55. The average molecular weight is 382 g/mol. The van der Waals surface area contributed by atoms with E-state index >= 15 is 0 Å². The van der Waals surface area contributed by atoms with Crippen molar-refractivity contribution >= 4 is 34.0 Å². The smallest absolute Gasteiger partial charge is 0.226 e. The molecule has 0 saturated carbocycles. The van der Waals surface area contributed by atoms with Crippen LogP contribution in [0.4, 0.5) is 5.13 Å². The first kappa shape index (κ1) is 19.7. The number of benzene rings is 1. The lowest BCUT2D eigenvalue weighted by atomic mass is 10.1. The molecule has 0 saturated heterocycles. The average Bonchev–Trinajstić information content (AvgIpc) is 3.02.